The van der Waals surface area contributed by atoms with Crippen molar-refractivity contribution in [2.75, 3.05) is 13.6 Å². The molecule has 2 aromatic rings. The molecule has 5 nitrogen and oxygen atoms in total. The summed E-state index contributed by atoms with van der Waals surface area (Å²) in [6, 6.07) is 0. The van der Waals surface area contributed by atoms with Crippen molar-refractivity contribution in [1.29, 1.82) is 0 Å². The van der Waals surface area contributed by atoms with E-state index in [1.165, 1.54) is 17.8 Å². The second-order valence-corrected chi connectivity index (χ2v) is 5.27. The van der Waals surface area contributed by atoms with E-state index < -0.39 is 0 Å². The Balaban J connectivity index is 1.80. The summed E-state index contributed by atoms with van der Waals surface area (Å²) in [5.41, 5.74) is 0. The second-order valence-electron chi connectivity index (χ2n) is 4.23. The number of nitrogens with one attached hydrogen (secondary N) is 1. The molecule has 86 valence electrons. The largest absolute Gasteiger partial charge is 0.320 e. The van der Waals surface area contributed by atoms with Crippen molar-refractivity contribution in [2.45, 2.75) is 31.6 Å². The summed E-state index contributed by atoms with van der Waals surface area (Å²) in [4.78, 5) is 0.946. The molecular formula is C10H15N5S. The standard InChI is InChI=1S/C10H15N5S/c1-11-6-2-3-8-14-15-9(7-4-5-7)12-13-10(15)16-8/h7,11H,2-6H2,1H3. The molecule has 6 heteroatoms. The van der Waals surface area contributed by atoms with Crippen LogP contribution in [0.25, 0.3) is 4.96 Å². The lowest BCUT2D eigenvalue weighted by Crippen LogP contribution is -2.08. The first-order valence-electron chi connectivity index (χ1n) is 5.74. The molecule has 0 aliphatic heterocycles. The molecule has 1 aliphatic rings. The quantitative estimate of drug-likeness (QED) is 0.794. The highest BCUT2D eigenvalue weighted by Gasteiger charge is 2.29. The van der Waals surface area contributed by atoms with Gasteiger partial charge in [-0.1, -0.05) is 11.3 Å². The molecule has 0 saturated heterocycles. The maximum atomic E-state index is 4.59. The Morgan fingerprint density at radius 2 is 2.31 bits per heavy atom. The van der Waals surface area contributed by atoms with E-state index in [4.69, 9.17) is 0 Å². The Kier molecular flexibility index (Phi) is 2.61. The summed E-state index contributed by atoms with van der Waals surface area (Å²) in [5, 5.41) is 17.3. The van der Waals surface area contributed by atoms with Gasteiger partial charge in [-0.3, -0.25) is 0 Å². The first-order valence-corrected chi connectivity index (χ1v) is 6.56. The second kappa shape index (κ2) is 4.10. The summed E-state index contributed by atoms with van der Waals surface area (Å²) in [6.45, 7) is 1.04. The third-order valence-electron chi connectivity index (χ3n) is 2.82. The fourth-order valence-electron chi connectivity index (χ4n) is 1.79. The van der Waals surface area contributed by atoms with Gasteiger partial charge >= 0.3 is 0 Å². The molecule has 0 aromatic carbocycles. The lowest BCUT2D eigenvalue weighted by atomic mass is 10.3. The van der Waals surface area contributed by atoms with Crippen LogP contribution in [0.4, 0.5) is 0 Å². The molecule has 0 spiro atoms. The van der Waals surface area contributed by atoms with Crippen molar-refractivity contribution in [1.82, 2.24) is 25.1 Å². The van der Waals surface area contributed by atoms with Crippen LogP contribution in [0.2, 0.25) is 0 Å². The molecule has 16 heavy (non-hydrogen) atoms. The number of aromatic nitrogens is 4. The Hall–Kier alpha value is -1.01. The van der Waals surface area contributed by atoms with E-state index in [0.29, 0.717) is 5.92 Å². The van der Waals surface area contributed by atoms with Crippen LogP contribution in [-0.4, -0.2) is 33.4 Å². The fourth-order valence-corrected chi connectivity index (χ4v) is 2.67. The SMILES string of the molecule is CNCCCc1nn2c(C3CC3)nnc2s1. The fraction of sp³-hybridized carbons (Fsp3) is 0.700. The normalized spacial score (nSPS) is 16.1. The first kappa shape index (κ1) is 10.2. The summed E-state index contributed by atoms with van der Waals surface area (Å²) in [6.07, 6.45) is 4.64. The van der Waals surface area contributed by atoms with Crippen molar-refractivity contribution < 1.29 is 0 Å². The molecule has 1 fully saturated rings. The Morgan fingerprint density at radius 3 is 3.06 bits per heavy atom. The Morgan fingerprint density at radius 1 is 1.44 bits per heavy atom. The van der Waals surface area contributed by atoms with E-state index in [9.17, 15) is 0 Å². The van der Waals surface area contributed by atoms with Gasteiger partial charge in [0.1, 0.15) is 5.01 Å². The lowest BCUT2D eigenvalue weighted by Gasteiger charge is -1.95. The van der Waals surface area contributed by atoms with Crippen molar-refractivity contribution in [3.8, 4) is 0 Å². The smallest absolute Gasteiger partial charge is 0.234 e. The van der Waals surface area contributed by atoms with E-state index >= 15 is 0 Å². The topological polar surface area (TPSA) is 55.1 Å². The summed E-state index contributed by atoms with van der Waals surface area (Å²) >= 11 is 1.66. The van der Waals surface area contributed by atoms with Crippen LogP contribution in [0.5, 0.6) is 0 Å². The van der Waals surface area contributed by atoms with Crippen molar-refractivity contribution in [3.05, 3.63) is 10.8 Å². The minimum atomic E-state index is 0.613. The third kappa shape index (κ3) is 1.82. The molecule has 0 radical (unpaired) electrons. The van der Waals surface area contributed by atoms with Gasteiger partial charge in [-0.15, -0.1) is 10.2 Å². The third-order valence-corrected chi connectivity index (χ3v) is 3.78. The minimum absolute atomic E-state index is 0.613. The van der Waals surface area contributed by atoms with Crippen molar-refractivity contribution >= 4 is 16.3 Å². The van der Waals surface area contributed by atoms with Crippen LogP contribution in [0, 0.1) is 0 Å². The number of rotatable bonds is 5. The number of aryl methyl sites for hydroxylation is 1. The van der Waals surface area contributed by atoms with E-state index in [-0.39, 0.29) is 0 Å². The number of hydrogen-bond donors (Lipinski definition) is 1. The molecule has 0 amide bonds. The van der Waals surface area contributed by atoms with Crippen LogP contribution in [0.15, 0.2) is 0 Å². The predicted molar refractivity (Wildman–Crippen MR) is 62.9 cm³/mol. The highest BCUT2D eigenvalue weighted by Crippen LogP contribution is 2.39. The van der Waals surface area contributed by atoms with Gasteiger partial charge in [-0.25, -0.2) is 0 Å². The van der Waals surface area contributed by atoms with Crippen LogP contribution >= 0.6 is 11.3 Å². The zero-order valence-corrected chi connectivity index (χ0v) is 10.1. The summed E-state index contributed by atoms with van der Waals surface area (Å²) in [7, 11) is 1.98. The van der Waals surface area contributed by atoms with Gasteiger partial charge in [0.2, 0.25) is 4.96 Å². The summed E-state index contributed by atoms with van der Waals surface area (Å²) in [5.74, 6) is 1.67. The van der Waals surface area contributed by atoms with Gasteiger partial charge < -0.3 is 5.32 Å². The minimum Gasteiger partial charge on any atom is -0.320 e. The van der Waals surface area contributed by atoms with Gasteiger partial charge in [0.05, 0.1) is 0 Å². The number of fused-ring (bicyclic) bond motifs is 1. The molecular weight excluding hydrogens is 222 g/mol. The highest BCUT2D eigenvalue weighted by molar-refractivity contribution is 7.16. The monoisotopic (exact) mass is 237 g/mol. The summed E-state index contributed by atoms with van der Waals surface area (Å²) < 4.78 is 1.94. The van der Waals surface area contributed by atoms with E-state index in [1.807, 2.05) is 11.6 Å². The molecule has 0 atom stereocenters. The molecule has 0 unspecified atom stereocenters. The van der Waals surface area contributed by atoms with Crippen molar-refractivity contribution in [3.63, 3.8) is 0 Å². The van der Waals surface area contributed by atoms with E-state index in [0.717, 1.165) is 30.2 Å². The molecule has 0 bridgehead atoms. The molecule has 1 N–H and O–H groups in total. The van der Waals surface area contributed by atoms with Gasteiger partial charge in [-0.05, 0) is 32.9 Å². The zero-order chi connectivity index (χ0) is 11.0. The van der Waals surface area contributed by atoms with Crippen LogP contribution in [0.3, 0.4) is 0 Å². The van der Waals surface area contributed by atoms with Crippen LogP contribution < -0.4 is 5.32 Å². The molecule has 2 aromatic heterocycles. The molecule has 1 saturated carbocycles. The van der Waals surface area contributed by atoms with Gasteiger partial charge in [0.15, 0.2) is 5.82 Å². The first-order chi connectivity index (χ1) is 7.88. The van der Waals surface area contributed by atoms with Crippen LogP contribution in [-0.2, 0) is 6.42 Å². The van der Waals surface area contributed by atoms with Gasteiger partial charge in [0.25, 0.3) is 0 Å². The van der Waals surface area contributed by atoms with E-state index in [1.54, 1.807) is 11.3 Å². The van der Waals surface area contributed by atoms with Crippen LogP contribution in [0.1, 0.15) is 36.0 Å². The average Bonchev–Trinajstić information content (AvgIpc) is 2.91. The number of nitrogens with zero attached hydrogens (tertiary/aromatic N) is 4. The van der Waals surface area contributed by atoms with Crippen molar-refractivity contribution in [2.24, 2.45) is 0 Å². The predicted octanol–water partition coefficient (Wildman–Crippen LogP) is 1.22. The molecule has 3 rings (SSSR count). The van der Waals surface area contributed by atoms with Gasteiger partial charge in [0, 0.05) is 12.3 Å². The molecule has 1 aliphatic carbocycles. The maximum absolute atomic E-state index is 4.59. The average molecular weight is 237 g/mol. The Labute approximate surface area is 97.9 Å². The molecule has 2 heterocycles. The highest BCUT2D eigenvalue weighted by atomic mass is 32.1. The van der Waals surface area contributed by atoms with Gasteiger partial charge in [-0.2, -0.15) is 9.61 Å². The van der Waals surface area contributed by atoms with E-state index in [2.05, 4.69) is 20.6 Å². The lowest BCUT2D eigenvalue weighted by molar-refractivity contribution is 0.709. The number of hydrogen-bond acceptors (Lipinski definition) is 5. The maximum Gasteiger partial charge on any atom is 0.234 e. The zero-order valence-electron chi connectivity index (χ0n) is 9.31. The Bertz CT molecular complexity index is 484.